The van der Waals surface area contributed by atoms with Crippen LogP contribution in [0.15, 0.2) is 53.4 Å². The Bertz CT molecular complexity index is 790. The zero-order chi connectivity index (χ0) is 17.6. The lowest BCUT2D eigenvalue weighted by atomic mass is 10.2. The number of carbonyl (C=O) groups is 1. The second kappa shape index (κ2) is 7.89. The van der Waals surface area contributed by atoms with E-state index in [1.807, 2.05) is 0 Å². The molecule has 0 saturated carbocycles. The Morgan fingerprint density at radius 2 is 1.71 bits per heavy atom. The molecule has 1 amide bonds. The van der Waals surface area contributed by atoms with Crippen LogP contribution in [0.1, 0.15) is 10.4 Å². The summed E-state index contributed by atoms with van der Waals surface area (Å²) in [5.41, 5.74) is 0.698. The number of ether oxygens (including phenoxy) is 1. The molecule has 0 saturated heterocycles. The molecule has 2 rings (SSSR count). The number of carbonyl (C=O) groups excluding carboxylic acids is 1. The molecule has 0 aliphatic rings. The number of halogens is 1. The highest BCUT2D eigenvalue weighted by Gasteiger charge is 2.14. The molecule has 2 aromatic carbocycles. The van der Waals surface area contributed by atoms with E-state index in [0.717, 1.165) is 12.1 Å². The Hall–Kier alpha value is -2.45. The van der Waals surface area contributed by atoms with Gasteiger partial charge in [0.15, 0.2) is 0 Å². The minimum atomic E-state index is -3.81. The predicted octanol–water partition coefficient (Wildman–Crippen LogP) is 2.00. The first kappa shape index (κ1) is 17.9. The number of amides is 1. The van der Waals surface area contributed by atoms with Crippen LogP contribution >= 0.6 is 0 Å². The molecule has 0 bridgehead atoms. The van der Waals surface area contributed by atoms with Gasteiger partial charge in [0.1, 0.15) is 5.82 Å². The Kier molecular flexibility index (Phi) is 5.88. The number of benzene rings is 2. The number of methoxy groups -OCH3 is 1. The zero-order valence-electron chi connectivity index (χ0n) is 13.0. The monoisotopic (exact) mass is 352 g/mol. The molecule has 0 unspecified atom stereocenters. The fraction of sp³-hybridized carbons (Fsp3) is 0.188. The predicted molar refractivity (Wildman–Crippen MR) is 87.9 cm³/mol. The first-order valence-corrected chi connectivity index (χ1v) is 8.56. The van der Waals surface area contributed by atoms with Gasteiger partial charge < -0.3 is 10.1 Å². The van der Waals surface area contributed by atoms with E-state index in [2.05, 4.69) is 10.0 Å². The van der Waals surface area contributed by atoms with Crippen LogP contribution in [0.2, 0.25) is 0 Å². The summed E-state index contributed by atoms with van der Waals surface area (Å²) in [6.45, 7) is 0.787. The van der Waals surface area contributed by atoms with Crippen molar-refractivity contribution in [2.45, 2.75) is 4.90 Å². The topological polar surface area (TPSA) is 84.5 Å². The van der Waals surface area contributed by atoms with Gasteiger partial charge in [-0.2, -0.15) is 0 Å². The maximum absolute atomic E-state index is 12.9. The van der Waals surface area contributed by atoms with E-state index < -0.39 is 15.8 Å². The normalized spacial score (nSPS) is 11.1. The van der Waals surface area contributed by atoms with Crippen molar-refractivity contribution in [2.24, 2.45) is 0 Å². The van der Waals surface area contributed by atoms with E-state index in [9.17, 15) is 17.6 Å². The minimum Gasteiger partial charge on any atom is -0.383 e. The first-order valence-electron chi connectivity index (χ1n) is 7.08. The second-order valence-electron chi connectivity index (χ2n) is 4.89. The summed E-state index contributed by atoms with van der Waals surface area (Å²) >= 11 is 0. The molecule has 0 fully saturated rings. The van der Waals surface area contributed by atoms with Crippen LogP contribution in [0.4, 0.5) is 10.1 Å². The van der Waals surface area contributed by atoms with E-state index >= 15 is 0 Å². The van der Waals surface area contributed by atoms with Crippen molar-refractivity contribution in [3.8, 4) is 0 Å². The lowest BCUT2D eigenvalue weighted by Crippen LogP contribution is -2.26. The van der Waals surface area contributed by atoms with Gasteiger partial charge in [0.2, 0.25) is 0 Å². The van der Waals surface area contributed by atoms with Crippen molar-refractivity contribution < 1.29 is 22.3 Å². The molecule has 6 nitrogen and oxygen atoms in total. The van der Waals surface area contributed by atoms with Crippen molar-refractivity contribution in [3.05, 3.63) is 59.9 Å². The maximum atomic E-state index is 12.9. The van der Waals surface area contributed by atoms with E-state index in [1.165, 1.54) is 43.5 Å². The number of nitrogens with one attached hydrogen (secondary N) is 2. The van der Waals surface area contributed by atoms with Crippen LogP contribution in [0.5, 0.6) is 0 Å². The molecule has 128 valence electrons. The van der Waals surface area contributed by atoms with Gasteiger partial charge in [0.05, 0.1) is 11.5 Å². The van der Waals surface area contributed by atoms with E-state index in [4.69, 9.17) is 4.74 Å². The Morgan fingerprint density at radius 1 is 1.08 bits per heavy atom. The molecule has 2 N–H and O–H groups in total. The van der Waals surface area contributed by atoms with Crippen molar-refractivity contribution in [1.82, 2.24) is 5.32 Å². The van der Waals surface area contributed by atoms with Gasteiger partial charge in [-0.05, 0) is 48.5 Å². The molecule has 2 aromatic rings. The van der Waals surface area contributed by atoms with Gasteiger partial charge in [-0.15, -0.1) is 0 Å². The average Bonchev–Trinajstić information content (AvgIpc) is 2.55. The standard InChI is InChI=1S/C16H17FN2O4S/c1-23-11-10-18-16(20)12-2-6-14(7-3-12)19-24(21,22)15-8-4-13(17)5-9-15/h2-9,19H,10-11H2,1H3,(H,18,20). The molecular weight excluding hydrogens is 335 g/mol. The van der Waals surface area contributed by atoms with Crippen LogP contribution in [0.3, 0.4) is 0 Å². The summed E-state index contributed by atoms with van der Waals surface area (Å²) in [6, 6.07) is 10.5. The van der Waals surface area contributed by atoms with E-state index in [0.29, 0.717) is 24.4 Å². The average molecular weight is 352 g/mol. The van der Waals surface area contributed by atoms with Crippen LogP contribution in [0.25, 0.3) is 0 Å². The Labute approximate surface area is 139 Å². The summed E-state index contributed by atoms with van der Waals surface area (Å²) in [5.74, 6) is -0.794. The third-order valence-corrected chi connectivity index (χ3v) is 4.51. The number of hydrogen-bond acceptors (Lipinski definition) is 4. The third kappa shape index (κ3) is 4.77. The lowest BCUT2D eigenvalue weighted by Gasteiger charge is -2.09. The Balaban J connectivity index is 2.05. The molecule has 0 aliphatic heterocycles. The molecule has 8 heteroatoms. The highest BCUT2D eigenvalue weighted by atomic mass is 32.2. The largest absolute Gasteiger partial charge is 0.383 e. The van der Waals surface area contributed by atoms with Crippen LogP contribution in [-0.4, -0.2) is 34.6 Å². The zero-order valence-corrected chi connectivity index (χ0v) is 13.8. The molecule has 0 atom stereocenters. The van der Waals surface area contributed by atoms with Gasteiger partial charge in [-0.25, -0.2) is 12.8 Å². The fourth-order valence-electron chi connectivity index (χ4n) is 1.89. The summed E-state index contributed by atoms with van der Waals surface area (Å²) in [5, 5.41) is 2.66. The summed E-state index contributed by atoms with van der Waals surface area (Å²) in [4.78, 5) is 11.8. The summed E-state index contributed by atoms with van der Waals surface area (Å²) in [6.07, 6.45) is 0. The molecule has 0 radical (unpaired) electrons. The van der Waals surface area contributed by atoms with Crippen molar-refractivity contribution >= 4 is 21.6 Å². The van der Waals surface area contributed by atoms with Crippen molar-refractivity contribution in [3.63, 3.8) is 0 Å². The minimum absolute atomic E-state index is 0.0507. The van der Waals surface area contributed by atoms with Gasteiger partial charge >= 0.3 is 0 Å². The number of hydrogen-bond donors (Lipinski definition) is 2. The smallest absolute Gasteiger partial charge is 0.261 e. The Morgan fingerprint density at radius 3 is 2.29 bits per heavy atom. The maximum Gasteiger partial charge on any atom is 0.261 e. The van der Waals surface area contributed by atoms with Gasteiger partial charge in [-0.1, -0.05) is 0 Å². The lowest BCUT2D eigenvalue weighted by molar-refractivity contribution is 0.0937. The van der Waals surface area contributed by atoms with E-state index in [1.54, 1.807) is 0 Å². The summed E-state index contributed by atoms with van der Waals surface area (Å²) < 4.78 is 44.4. The van der Waals surface area contributed by atoms with Gasteiger partial charge in [0, 0.05) is 24.9 Å². The molecule has 0 aliphatic carbocycles. The van der Waals surface area contributed by atoms with Gasteiger partial charge in [0.25, 0.3) is 15.9 Å². The van der Waals surface area contributed by atoms with Crippen LogP contribution < -0.4 is 10.0 Å². The molecular formula is C16H17FN2O4S. The molecule has 0 heterocycles. The number of rotatable bonds is 7. The molecule has 0 spiro atoms. The highest BCUT2D eigenvalue weighted by Crippen LogP contribution is 2.17. The summed E-state index contributed by atoms with van der Waals surface area (Å²) in [7, 11) is -2.28. The highest BCUT2D eigenvalue weighted by molar-refractivity contribution is 7.92. The molecule has 24 heavy (non-hydrogen) atoms. The SMILES string of the molecule is COCCNC(=O)c1ccc(NS(=O)(=O)c2ccc(F)cc2)cc1. The van der Waals surface area contributed by atoms with E-state index in [-0.39, 0.29) is 10.8 Å². The van der Waals surface area contributed by atoms with Crippen LogP contribution in [0, 0.1) is 5.82 Å². The van der Waals surface area contributed by atoms with Crippen molar-refractivity contribution in [2.75, 3.05) is 25.0 Å². The first-order chi connectivity index (χ1) is 11.4. The van der Waals surface area contributed by atoms with Gasteiger partial charge in [-0.3, -0.25) is 9.52 Å². The third-order valence-electron chi connectivity index (χ3n) is 3.11. The number of anilines is 1. The van der Waals surface area contributed by atoms with Crippen LogP contribution in [-0.2, 0) is 14.8 Å². The second-order valence-corrected chi connectivity index (χ2v) is 6.57. The fourth-order valence-corrected chi connectivity index (χ4v) is 2.94. The number of sulfonamides is 1. The molecule has 0 aromatic heterocycles. The van der Waals surface area contributed by atoms with Crippen molar-refractivity contribution in [1.29, 1.82) is 0 Å². The quantitative estimate of drug-likeness (QED) is 0.747.